The highest BCUT2D eigenvalue weighted by Gasteiger charge is 2.31. The number of para-hydroxylation sites is 1. The third-order valence-corrected chi connectivity index (χ3v) is 5.13. The Hall–Kier alpha value is -3.52. The zero-order chi connectivity index (χ0) is 23.8. The summed E-state index contributed by atoms with van der Waals surface area (Å²) in [5.41, 5.74) is 1.16. The topological polar surface area (TPSA) is 79.7 Å². The molecule has 0 fully saturated rings. The van der Waals surface area contributed by atoms with E-state index in [0.717, 1.165) is 19.3 Å². The van der Waals surface area contributed by atoms with Crippen LogP contribution in [0.15, 0.2) is 48.5 Å². The van der Waals surface area contributed by atoms with Gasteiger partial charge in [-0.05, 0) is 24.6 Å². The summed E-state index contributed by atoms with van der Waals surface area (Å²) in [6.07, 6.45) is 3.06. The average molecular weight is 454 g/mol. The highest BCUT2D eigenvalue weighted by molar-refractivity contribution is 6.06. The quantitative estimate of drug-likeness (QED) is 0.318. The molecule has 3 rings (SSSR count). The van der Waals surface area contributed by atoms with Crippen LogP contribution in [0, 0.1) is 5.82 Å². The summed E-state index contributed by atoms with van der Waals surface area (Å²) >= 11 is 0. The molecule has 0 saturated carbocycles. The SMILES string of the molecule is CCCCCOCc1ccc(-c2nn(-c3ccccc3)c(C(=O)OC)c2C(=O)OC)cc1F. The van der Waals surface area contributed by atoms with E-state index in [0.29, 0.717) is 23.4 Å². The number of nitrogens with zero attached hydrogens (tertiary/aromatic N) is 2. The molecule has 1 heterocycles. The van der Waals surface area contributed by atoms with E-state index in [1.54, 1.807) is 36.4 Å². The maximum atomic E-state index is 14.9. The molecule has 0 N–H and O–H groups in total. The molecule has 0 unspecified atom stereocenters. The van der Waals surface area contributed by atoms with Crippen LogP contribution in [0.3, 0.4) is 0 Å². The zero-order valence-corrected chi connectivity index (χ0v) is 19.0. The van der Waals surface area contributed by atoms with E-state index in [2.05, 4.69) is 12.0 Å². The minimum atomic E-state index is -0.781. The number of hydrogen-bond donors (Lipinski definition) is 0. The van der Waals surface area contributed by atoms with Crippen molar-refractivity contribution in [3.05, 3.63) is 71.2 Å². The van der Waals surface area contributed by atoms with Crippen molar-refractivity contribution in [1.82, 2.24) is 9.78 Å². The minimum Gasteiger partial charge on any atom is -0.465 e. The Bertz CT molecular complexity index is 1110. The molecule has 174 valence electrons. The molecular weight excluding hydrogens is 427 g/mol. The molecular formula is C25H27FN2O5. The Morgan fingerprint density at radius 3 is 2.36 bits per heavy atom. The van der Waals surface area contributed by atoms with E-state index >= 15 is 0 Å². The van der Waals surface area contributed by atoms with E-state index in [1.165, 1.54) is 25.0 Å². The minimum absolute atomic E-state index is 0.101. The molecule has 0 radical (unpaired) electrons. The number of esters is 2. The van der Waals surface area contributed by atoms with Gasteiger partial charge in [0.2, 0.25) is 0 Å². The second kappa shape index (κ2) is 11.4. The Morgan fingerprint density at radius 2 is 1.73 bits per heavy atom. The third-order valence-electron chi connectivity index (χ3n) is 5.13. The van der Waals surface area contributed by atoms with Gasteiger partial charge in [-0.25, -0.2) is 18.7 Å². The van der Waals surface area contributed by atoms with Crippen LogP contribution < -0.4 is 0 Å². The van der Waals surface area contributed by atoms with Crippen molar-refractivity contribution < 1.29 is 28.2 Å². The summed E-state index contributed by atoms with van der Waals surface area (Å²) < 4.78 is 31.5. The summed E-state index contributed by atoms with van der Waals surface area (Å²) in [5, 5.41) is 4.47. The summed E-state index contributed by atoms with van der Waals surface area (Å²) in [7, 11) is 2.41. The van der Waals surface area contributed by atoms with Gasteiger partial charge in [-0.1, -0.05) is 50.1 Å². The fourth-order valence-corrected chi connectivity index (χ4v) is 3.40. The van der Waals surface area contributed by atoms with Crippen molar-refractivity contribution in [3.8, 4) is 16.9 Å². The molecule has 0 saturated heterocycles. The van der Waals surface area contributed by atoms with Gasteiger partial charge in [0, 0.05) is 17.7 Å². The number of hydrogen-bond acceptors (Lipinski definition) is 6. The van der Waals surface area contributed by atoms with Gasteiger partial charge in [-0.2, -0.15) is 5.10 Å². The van der Waals surface area contributed by atoms with Crippen LogP contribution in [-0.4, -0.2) is 42.5 Å². The first kappa shape index (κ1) is 24.1. The summed E-state index contributed by atoms with van der Waals surface area (Å²) in [6.45, 7) is 2.81. The monoisotopic (exact) mass is 454 g/mol. The van der Waals surface area contributed by atoms with Gasteiger partial charge < -0.3 is 14.2 Å². The number of halogens is 1. The number of rotatable bonds is 10. The van der Waals surface area contributed by atoms with Crippen LogP contribution in [-0.2, 0) is 20.8 Å². The highest BCUT2D eigenvalue weighted by Crippen LogP contribution is 2.30. The van der Waals surface area contributed by atoms with Crippen LogP contribution in [0.1, 0.15) is 52.6 Å². The van der Waals surface area contributed by atoms with Crippen molar-refractivity contribution in [2.45, 2.75) is 32.8 Å². The number of carbonyl (C=O) groups excluding carboxylic acids is 2. The van der Waals surface area contributed by atoms with Crippen molar-refractivity contribution >= 4 is 11.9 Å². The van der Waals surface area contributed by atoms with Crippen LogP contribution >= 0.6 is 0 Å². The summed E-state index contributed by atoms with van der Waals surface area (Å²) in [6, 6.07) is 13.3. The number of unbranched alkanes of at least 4 members (excludes halogenated alkanes) is 2. The maximum Gasteiger partial charge on any atom is 0.357 e. The molecule has 0 bridgehead atoms. The lowest BCUT2D eigenvalue weighted by molar-refractivity contribution is 0.0549. The molecule has 33 heavy (non-hydrogen) atoms. The zero-order valence-electron chi connectivity index (χ0n) is 19.0. The first-order chi connectivity index (χ1) is 16.0. The molecule has 0 aliphatic carbocycles. The number of aromatic nitrogens is 2. The second-order valence-electron chi connectivity index (χ2n) is 7.37. The van der Waals surface area contributed by atoms with Crippen molar-refractivity contribution in [1.29, 1.82) is 0 Å². The standard InChI is InChI=1S/C25H27FN2O5/c1-4-5-9-14-33-16-18-13-12-17(15-20(18)26)22-21(24(29)31-2)23(25(30)32-3)28(27-22)19-10-7-6-8-11-19/h6-8,10-13,15H,4-5,9,14,16H2,1-3H3. The molecule has 0 aliphatic rings. The lowest BCUT2D eigenvalue weighted by Gasteiger charge is -2.08. The molecule has 0 aliphatic heterocycles. The van der Waals surface area contributed by atoms with E-state index < -0.39 is 17.8 Å². The molecule has 0 amide bonds. The summed E-state index contributed by atoms with van der Waals surface area (Å²) in [4.78, 5) is 25.3. The largest absolute Gasteiger partial charge is 0.465 e. The smallest absolute Gasteiger partial charge is 0.357 e. The van der Waals surface area contributed by atoms with E-state index in [4.69, 9.17) is 14.2 Å². The van der Waals surface area contributed by atoms with Gasteiger partial charge in [0.05, 0.1) is 26.5 Å². The number of methoxy groups -OCH3 is 2. The van der Waals surface area contributed by atoms with Crippen molar-refractivity contribution in [2.75, 3.05) is 20.8 Å². The predicted octanol–water partition coefficient (Wildman–Crippen LogP) is 4.96. The summed E-state index contributed by atoms with van der Waals surface area (Å²) in [5.74, 6) is -2.04. The Morgan fingerprint density at radius 1 is 1.00 bits per heavy atom. The van der Waals surface area contributed by atoms with Crippen LogP contribution in [0.4, 0.5) is 4.39 Å². The second-order valence-corrected chi connectivity index (χ2v) is 7.37. The number of benzene rings is 2. The Labute approximate surface area is 192 Å². The first-order valence-corrected chi connectivity index (χ1v) is 10.7. The normalized spacial score (nSPS) is 10.8. The van der Waals surface area contributed by atoms with Gasteiger partial charge in [-0.15, -0.1) is 0 Å². The maximum absolute atomic E-state index is 14.9. The number of ether oxygens (including phenoxy) is 3. The van der Waals surface area contributed by atoms with E-state index in [-0.39, 0.29) is 23.6 Å². The Kier molecular flexibility index (Phi) is 8.32. The molecule has 2 aromatic carbocycles. The van der Waals surface area contributed by atoms with E-state index in [9.17, 15) is 14.0 Å². The van der Waals surface area contributed by atoms with Gasteiger partial charge >= 0.3 is 11.9 Å². The number of carbonyl (C=O) groups is 2. The van der Waals surface area contributed by atoms with E-state index in [1.807, 2.05) is 6.07 Å². The fraction of sp³-hybridized carbons (Fsp3) is 0.320. The first-order valence-electron chi connectivity index (χ1n) is 10.7. The average Bonchev–Trinajstić information content (AvgIpc) is 3.25. The van der Waals surface area contributed by atoms with Crippen molar-refractivity contribution in [2.24, 2.45) is 0 Å². The fourth-order valence-electron chi connectivity index (χ4n) is 3.40. The molecule has 7 nitrogen and oxygen atoms in total. The highest BCUT2D eigenvalue weighted by atomic mass is 19.1. The Balaban J connectivity index is 2.05. The predicted molar refractivity (Wildman–Crippen MR) is 121 cm³/mol. The molecule has 3 aromatic rings. The van der Waals surface area contributed by atoms with Gasteiger partial charge in [-0.3, -0.25) is 0 Å². The van der Waals surface area contributed by atoms with Gasteiger partial charge in [0.15, 0.2) is 5.69 Å². The van der Waals surface area contributed by atoms with Crippen LogP contribution in [0.2, 0.25) is 0 Å². The third kappa shape index (κ3) is 5.46. The molecule has 8 heteroatoms. The molecule has 0 spiro atoms. The lowest BCUT2D eigenvalue weighted by atomic mass is 10.0. The van der Waals surface area contributed by atoms with Crippen LogP contribution in [0.5, 0.6) is 0 Å². The molecule has 0 atom stereocenters. The van der Waals surface area contributed by atoms with Crippen LogP contribution in [0.25, 0.3) is 16.9 Å². The van der Waals surface area contributed by atoms with Gasteiger partial charge in [0.1, 0.15) is 17.1 Å². The lowest BCUT2D eigenvalue weighted by Crippen LogP contribution is -2.15. The molecule has 1 aromatic heterocycles. The van der Waals surface area contributed by atoms with Crippen molar-refractivity contribution in [3.63, 3.8) is 0 Å². The van der Waals surface area contributed by atoms with Gasteiger partial charge in [0.25, 0.3) is 0 Å².